The zero-order valence-electron chi connectivity index (χ0n) is 17.9. The van der Waals surface area contributed by atoms with Gasteiger partial charge in [0.1, 0.15) is 0 Å². The fraction of sp³-hybridized carbons (Fsp3) is 0.280. The van der Waals surface area contributed by atoms with Gasteiger partial charge in [-0.1, -0.05) is 30.3 Å². The summed E-state index contributed by atoms with van der Waals surface area (Å²) in [6.45, 7) is 4.61. The number of benzene rings is 2. The molecule has 0 bridgehead atoms. The van der Waals surface area contributed by atoms with Crippen molar-refractivity contribution in [3.63, 3.8) is 0 Å². The second-order valence-corrected chi connectivity index (χ2v) is 7.97. The molecule has 0 radical (unpaired) electrons. The van der Waals surface area contributed by atoms with E-state index in [9.17, 15) is 14.7 Å². The number of carbonyl (C=O) groups is 2. The van der Waals surface area contributed by atoms with Gasteiger partial charge in [0.2, 0.25) is 0 Å². The Kier molecular flexibility index (Phi) is 5.65. The van der Waals surface area contributed by atoms with Crippen molar-refractivity contribution < 1.29 is 19.4 Å². The molecule has 0 saturated carbocycles. The molecule has 1 aromatic heterocycles. The van der Waals surface area contributed by atoms with Crippen LogP contribution in [0, 0.1) is 13.8 Å². The molecule has 160 valence electrons. The number of hydrogen-bond acceptors (Lipinski definition) is 4. The van der Waals surface area contributed by atoms with Gasteiger partial charge in [-0.3, -0.25) is 4.79 Å². The Morgan fingerprint density at radius 2 is 1.65 bits per heavy atom. The molecular weight excluding hydrogens is 392 g/mol. The van der Waals surface area contributed by atoms with E-state index in [1.54, 1.807) is 23.1 Å². The van der Waals surface area contributed by atoms with E-state index in [1.807, 2.05) is 60.9 Å². The Bertz CT molecular complexity index is 1100. The molecule has 4 rings (SSSR count). The Balaban J connectivity index is 1.68. The van der Waals surface area contributed by atoms with Gasteiger partial charge in [-0.05, 0) is 49.7 Å². The lowest BCUT2D eigenvalue weighted by molar-refractivity contribution is 0.0600. The molecule has 2 unspecified atom stereocenters. The molecule has 0 spiro atoms. The summed E-state index contributed by atoms with van der Waals surface area (Å²) >= 11 is 0. The van der Waals surface area contributed by atoms with Crippen molar-refractivity contribution in [3.8, 4) is 5.69 Å². The molecule has 1 aliphatic rings. The van der Waals surface area contributed by atoms with Gasteiger partial charge < -0.3 is 19.3 Å². The van der Waals surface area contributed by atoms with E-state index >= 15 is 0 Å². The average molecular weight is 418 g/mol. The third kappa shape index (κ3) is 3.86. The highest BCUT2D eigenvalue weighted by atomic mass is 16.5. The van der Waals surface area contributed by atoms with Crippen LogP contribution in [0.15, 0.2) is 60.7 Å². The molecule has 2 heterocycles. The molecule has 3 aromatic rings. The number of aliphatic hydroxyl groups excluding tert-OH is 1. The quantitative estimate of drug-likeness (QED) is 0.659. The minimum Gasteiger partial charge on any atom is -0.465 e. The van der Waals surface area contributed by atoms with Crippen LogP contribution in [-0.4, -0.2) is 52.8 Å². The summed E-state index contributed by atoms with van der Waals surface area (Å²) in [6.07, 6.45) is -0.617. The summed E-state index contributed by atoms with van der Waals surface area (Å²) in [5, 5.41) is 10.6. The molecule has 2 aromatic carbocycles. The van der Waals surface area contributed by atoms with E-state index in [2.05, 4.69) is 0 Å². The highest BCUT2D eigenvalue weighted by Gasteiger charge is 2.35. The molecule has 1 fully saturated rings. The topological polar surface area (TPSA) is 71.8 Å². The lowest BCUT2D eigenvalue weighted by Crippen LogP contribution is -2.29. The van der Waals surface area contributed by atoms with E-state index in [0.717, 1.165) is 17.0 Å². The number of likely N-dealkylation sites (tertiary alicyclic amines) is 1. The van der Waals surface area contributed by atoms with Crippen LogP contribution in [0.4, 0.5) is 0 Å². The maximum atomic E-state index is 13.3. The van der Waals surface area contributed by atoms with Gasteiger partial charge in [0.05, 0.1) is 24.5 Å². The Labute approximate surface area is 181 Å². The molecule has 31 heavy (non-hydrogen) atoms. The summed E-state index contributed by atoms with van der Waals surface area (Å²) < 4.78 is 6.89. The van der Waals surface area contributed by atoms with E-state index in [4.69, 9.17) is 4.74 Å². The normalized spacial score (nSPS) is 18.3. The van der Waals surface area contributed by atoms with E-state index in [-0.39, 0.29) is 18.4 Å². The first-order valence-electron chi connectivity index (χ1n) is 10.3. The molecule has 1 N–H and O–H groups in total. The molecule has 1 amide bonds. The summed E-state index contributed by atoms with van der Waals surface area (Å²) in [7, 11) is 1.34. The molecule has 1 aliphatic heterocycles. The number of hydrogen-bond donors (Lipinski definition) is 1. The number of aryl methyl sites for hydroxylation is 2. The van der Waals surface area contributed by atoms with Crippen molar-refractivity contribution >= 4 is 11.9 Å². The summed E-state index contributed by atoms with van der Waals surface area (Å²) in [6, 6.07) is 18.7. The number of aliphatic hydroxyl groups is 1. The largest absolute Gasteiger partial charge is 0.465 e. The number of nitrogens with zero attached hydrogens (tertiary/aromatic N) is 2. The van der Waals surface area contributed by atoms with Gasteiger partial charge in [0, 0.05) is 36.0 Å². The fourth-order valence-corrected chi connectivity index (χ4v) is 4.34. The summed E-state index contributed by atoms with van der Waals surface area (Å²) in [5.41, 5.74) is 4.39. The minimum absolute atomic E-state index is 0.118. The van der Waals surface area contributed by atoms with Crippen molar-refractivity contribution in [1.29, 1.82) is 0 Å². The number of ether oxygens (including phenoxy) is 1. The maximum absolute atomic E-state index is 13.3. The molecule has 2 atom stereocenters. The third-order valence-corrected chi connectivity index (χ3v) is 5.97. The van der Waals surface area contributed by atoms with Gasteiger partial charge in [-0.2, -0.15) is 0 Å². The maximum Gasteiger partial charge on any atom is 0.339 e. The lowest BCUT2D eigenvalue weighted by atomic mass is 9.96. The SMILES string of the molecule is COC(=O)c1ccc(C(=O)N2CC(O)C(c3ccccc3)C2)cc1-n1c(C)ccc1C. The van der Waals surface area contributed by atoms with E-state index in [1.165, 1.54) is 7.11 Å². The smallest absolute Gasteiger partial charge is 0.339 e. The highest BCUT2D eigenvalue weighted by Crippen LogP contribution is 2.30. The van der Waals surface area contributed by atoms with Crippen molar-refractivity contribution in [1.82, 2.24) is 9.47 Å². The van der Waals surface area contributed by atoms with Gasteiger partial charge in [-0.25, -0.2) is 4.79 Å². The summed E-state index contributed by atoms with van der Waals surface area (Å²) in [5.74, 6) is -0.743. The van der Waals surface area contributed by atoms with Gasteiger partial charge >= 0.3 is 5.97 Å². The number of methoxy groups -OCH3 is 1. The second kappa shape index (κ2) is 8.40. The van der Waals surface area contributed by atoms with Crippen LogP contribution < -0.4 is 0 Å². The van der Waals surface area contributed by atoms with Crippen LogP contribution in [0.3, 0.4) is 0 Å². The number of rotatable bonds is 4. The number of aromatic nitrogens is 1. The van der Waals surface area contributed by atoms with Gasteiger partial charge in [0.25, 0.3) is 5.91 Å². The number of β-amino-alcohol motifs (C(OH)–C–C–N with tert-alkyl or cyclic N) is 1. The Morgan fingerprint density at radius 1 is 0.968 bits per heavy atom. The van der Waals surface area contributed by atoms with Crippen molar-refractivity contribution in [2.24, 2.45) is 0 Å². The molecule has 6 heteroatoms. The second-order valence-electron chi connectivity index (χ2n) is 7.97. The lowest BCUT2D eigenvalue weighted by Gasteiger charge is -2.19. The molecule has 6 nitrogen and oxygen atoms in total. The predicted molar refractivity (Wildman–Crippen MR) is 118 cm³/mol. The molecule has 0 aliphatic carbocycles. The number of amides is 1. The van der Waals surface area contributed by atoms with Crippen molar-refractivity contribution in [2.45, 2.75) is 25.9 Å². The highest BCUT2D eigenvalue weighted by molar-refractivity contribution is 5.99. The Hall–Kier alpha value is -3.38. The van der Waals surface area contributed by atoms with Crippen LogP contribution in [-0.2, 0) is 4.74 Å². The first-order chi connectivity index (χ1) is 14.9. The number of carbonyl (C=O) groups excluding carboxylic acids is 2. The predicted octanol–water partition coefficient (Wildman–Crippen LogP) is 3.48. The number of esters is 1. The van der Waals surface area contributed by atoms with Crippen LogP contribution in [0.25, 0.3) is 5.69 Å². The van der Waals surface area contributed by atoms with Crippen LogP contribution in [0.5, 0.6) is 0 Å². The van der Waals surface area contributed by atoms with Gasteiger partial charge in [-0.15, -0.1) is 0 Å². The van der Waals surface area contributed by atoms with E-state index in [0.29, 0.717) is 23.4 Å². The first kappa shape index (κ1) is 20.9. The molecule has 1 saturated heterocycles. The standard InChI is InChI=1S/C25H26N2O4/c1-16-9-10-17(2)27(16)22-13-19(11-12-20(22)25(30)31-3)24(29)26-14-21(23(28)15-26)18-7-5-4-6-8-18/h4-13,21,23,28H,14-15H2,1-3H3. The Morgan fingerprint density at radius 3 is 2.29 bits per heavy atom. The zero-order valence-corrected chi connectivity index (χ0v) is 17.9. The van der Waals surface area contributed by atoms with Crippen LogP contribution in [0.1, 0.15) is 43.6 Å². The monoisotopic (exact) mass is 418 g/mol. The van der Waals surface area contributed by atoms with Crippen molar-refractivity contribution in [2.75, 3.05) is 20.2 Å². The first-order valence-corrected chi connectivity index (χ1v) is 10.3. The van der Waals surface area contributed by atoms with Crippen LogP contribution in [0.2, 0.25) is 0 Å². The molecular formula is C25H26N2O4. The average Bonchev–Trinajstić information content (AvgIpc) is 3.34. The van der Waals surface area contributed by atoms with E-state index < -0.39 is 12.1 Å². The fourth-order valence-electron chi connectivity index (χ4n) is 4.34. The summed E-state index contributed by atoms with van der Waals surface area (Å²) in [4.78, 5) is 27.3. The van der Waals surface area contributed by atoms with Gasteiger partial charge in [0.15, 0.2) is 0 Å². The van der Waals surface area contributed by atoms with Crippen molar-refractivity contribution in [3.05, 3.63) is 88.7 Å². The van der Waals surface area contributed by atoms with Crippen LogP contribution >= 0.6 is 0 Å². The third-order valence-electron chi connectivity index (χ3n) is 5.97. The minimum atomic E-state index is -0.617. The zero-order chi connectivity index (χ0) is 22.1.